The summed E-state index contributed by atoms with van der Waals surface area (Å²) in [4.78, 5) is 11.8. The average molecular weight is 413 g/mol. The van der Waals surface area contributed by atoms with Crippen LogP contribution in [-0.2, 0) is 24.8 Å². The highest BCUT2D eigenvalue weighted by atomic mass is 32.3. The Kier molecular flexibility index (Phi) is 7.31. The van der Waals surface area contributed by atoms with Crippen molar-refractivity contribution < 1.29 is 26.4 Å². The van der Waals surface area contributed by atoms with E-state index in [1.54, 1.807) is 20.8 Å². The average Bonchev–Trinajstić information content (AvgIpc) is 2.88. The molecule has 0 amide bonds. The number of carbonyl (C=O) groups excluding carboxylic acids is 1. The van der Waals surface area contributed by atoms with E-state index in [9.17, 15) is 21.6 Å². The number of methoxy groups -OCH3 is 1. The smallest absolute Gasteiger partial charge is 0.250 e. The number of ether oxygens (including phenoxy) is 1. The van der Waals surface area contributed by atoms with Gasteiger partial charge in [0.05, 0.1) is 0 Å². The number of hydrogen-bond acceptors (Lipinski definition) is 7. The SMILES string of the molecule is COCCCNS(=O)(=O)c1sc(S(=O)(=O)NC(C)(C)C)cc1C(C)=O. The van der Waals surface area contributed by atoms with Crippen LogP contribution in [0, 0.1) is 0 Å². The maximum absolute atomic E-state index is 12.4. The van der Waals surface area contributed by atoms with Crippen LogP contribution in [0.1, 0.15) is 44.5 Å². The van der Waals surface area contributed by atoms with Crippen molar-refractivity contribution >= 4 is 37.2 Å². The standard InChI is InChI=1S/C14H24N2O6S3/c1-10(17)11-9-12(24(18,19)16-14(2,3)4)23-13(11)25(20,21)15-7-6-8-22-5/h9,15-16H,6-8H2,1-5H3. The first kappa shape index (κ1) is 22.2. The molecule has 0 saturated carbocycles. The molecule has 0 atom stereocenters. The van der Waals surface area contributed by atoms with Gasteiger partial charge in [-0.1, -0.05) is 0 Å². The van der Waals surface area contributed by atoms with Crippen LogP contribution < -0.4 is 9.44 Å². The second kappa shape index (κ2) is 8.23. The Morgan fingerprint density at radius 1 is 1.20 bits per heavy atom. The molecule has 0 aliphatic carbocycles. The number of Topliss-reactive ketones (excluding diaryl/α,β-unsaturated/α-hetero) is 1. The van der Waals surface area contributed by atoms with E-state index in [1.807, 2.05) is 0 Å². The van der Waals surface area contributed by atoms with E-state index in [4.69, 9.17) is 4.74 Å². The maximum Gasteiger partial charge on any atom is 0.250 e. The molecule has 11 heteroatoms. The number of thiophene rings is 1. The van der Waals surface area contributed by atoms with E-state index in [0.717, 1.165) is 6.07 Å². The van der Waals surface area contributed by atoms with Crippen molar-refractivity contribution in [3.8, 4) is 0 Å². The van der Waals surface area contributed by atoms with Crippen LogP contribution in [-0.4, -0.2) is 48.4 Å². The molecule has 144 valence electrons. The molecule has 0 aliphatic heterocycles. The van der Waals surface area contributed by atoms with Gasteiger partial charge >= 0.3 is 0 Å². The summed E-state index contributed by atoms with van der Waals surface area (Å²) in [5, 5.41) is 0. The molecule has 1 aromatic heterocycles. The number of nitrogens with one attached hydrogen (secondary N) is 2. The lowest BCUT2D eigenvalue weighted by Gasteiger charge is -2.19. The third-order valence-electron chi connectivity index (χ3n) is 2.82. The fourth-order valence-corrected chi connectivity index (χ4v) is 6.62. The van der Waals surface area contributed by atoms with Crippen LogP contribution >= 0.6 is 11.3 Å². The van der Waals surface area contributed by atoms with Crippen molar-refractivity contribution in [2.45, 2.75) is 48.1 Å². The van der Waals surface area contributed by atoms with E-state index in [-0.39, 0.29) is 20.5 Å². The van der Waals surface area contributed by atoms with E-state index in [0.29, 0.717) is 24.4 Å². The summed E-state index contributed by atoms with van der Waals surface area (Å²) in [5.74, 6) is -0.522. The third-order valence-corrected chi connectivity index (χ3v) is 8.18. The van der Waals surface area contributed by atoms with Gasteiger partial charge in [0.15, 0.2) is 5.78 Å². The Hall–Kier alpha value is -0.850. The second-order valence-corrected chi connectivity index (χ2v) is 11.3. The van der Waals surface area contributed by atoms with E-state index >= 15 is 0 Å². The zero-order valence-corrected chi connectivity index (χ0v) is 17.3. The molecule has 0 unspecified atom stereocenters. The first-order valence-corrected chi connectivity index (χ1v) is 11.3. The Labute approximate surface area is 153 Å². The number of carbonyl (C=O) groups is 1. The Morgan fingerprint density at radius 3 is 2.28 bits per heavy atom. The summed E-state index contributed by atoms with van der Waals surface area (Å²) in [7, 11) is -6.44. The molecule has 0 aliphatic rings. The van der Waals surface area contributed by atoms with Gasteiger partial charge in [0.25, 0.3) is 20.0 Å². The Bertz CT molecular complexity index is 819. The van der Waals surface area contributed by atoms with Crippen LogP contribution in [0.25, 0.3) is 0 Å². The fourth-order valence-electron chi connectivity index (χ4n) is 1.87. The van der Waals surface area contributed by atoms with Crippen molar-refractivity contribution in [2.75, 3.05) is 20.3 Å². The predicted octanol–water partition coefficient (Wildman–Crippen LogP) is 1.34. The lowest BCUT2D eigenvalue weighted by atomic mass is 10.1. The first-order valence-electron chi connectivity index (χ1n) is 7.47. The lowest BCUT2D eigenvalue weighted by Crippen LogP contribution is -2.40. The second-order valence-electron chi connectivity index (χ2n) is 6.42. The van der Waals surface area contributed by atoms with Gasteiger partial charge in [-0.15, -0.1) is 11.3 Å². The molecule has 2 N–H and O–H groups in total. The van der Waals surface area contributed by atoms with Crippen molar-refractivity contribution in [3.05, 3.63) is 11.6 Å². The van der Waals surface area contributed by atoms with Crippen LogP contribution in [0.5, 0.6) is 0 Å². The van der Waals surface area contributed by atoms with E-state index in [2.05, 4.69) is 9.44 Å². The number of hydrogen-bond donors (Lipinski definition) is 2. The van der Waals surface area contributed by atoms with Crippen LogP contribution in [0.3, 0.4) is 0 Å². The molecule has 0 fully saturated rings. The van der Waals surface area contributed by atoms with E-state index < -0.39 is 31.4 Å². The van der Waals surface area contributed by atoms with Gasteiger partial charge in [0, 0.05) is 31.4 Å². The van der Waals surface area contributed by atoms with Crippen molar-refractivity contribution in [1.82, 2.24) is 9.44 Å². The molecule has 1 aromatic rings. The molecule has 0 aromatic carbocycles. The monoisotopic (exact) mass is 412 g/mol. The number of rotatable bonds is 9. The third kappa shape index (κ3) is 6.42. The summed E-state index contributed by atoms with van der Waals surface area (Å²) >= 11 is 0.553. The first-order chi connectivity index (χ1) is 11.3. The normalized spacial score (nSPS) is 13.2. The summed E-state index contributed by atoms with van der Waals surface area (Å²) in [6.45, 7) is 6.69. The van der Waals surface area contributed by atoms with Crippen LogP contribution in [0.4, 0.5) is 0 Å². The van der Waals surface area contributed by atoms with Crippen LogP contribution in [0.15, 0.2) is 14.5 Å². The van der Waals surface area contributed by atoms with Gasteiger partial charge in [-0.25, -0.2) is 26.3 Å². The van der Waals surface area contributed by atoms with Gasteiger partial charge in [-0.05, 0) is 40.2 Å². The molecule has 25 heavy (non-hydrogen) atoms. The van der Waals surface area contributed by atoms with Crippen molar-refractivity contribution in [1.29, 1.82) is 0 Å². The summed E-state index contributed by atoms with van der Waals surface area (Å²) in [6, 6.07) is 1.10. The largest absolute Gasteiger partial charge is 0.385 e. The Morgan fingerprint density at radius 2 is 1.80 bits per heavy atom. The van der Waals surface area contributed by atoms with Gasteiger partial charge < -0.3 is 4.74 Å². The predicted molar refractivity (Wildman–Crippen MR) is 96.1 cm³/mol. The highest BCUT2D eigenvalue weighted by molar-refractivity contribution is 7.94. The molecule has 0 bridgehead atoms. The lowest BCUT2D eigenvalue weighted by molar-refractivity contribution is 0.101. The molecule has 1 rings (SSSR count). The zero-order valence-electron chi connectivity index (χ0n) is 14.9. The molecule has 0 radical (unpaired) electrons. The topological polar surface area (TPSA) is 119 Å². The molecule has 0 spiro atoms. The highest BCUT2D eigenvalue weighted by Gasteiger charge is 2.30. The van der Waals surface area contributed by atoms with Gasteiger partial charge in [-0.3, -0.25) is 4.79 Å². The number of sulfonamides is 2. The van der Waals surface area contributed by atoms with Crippen molar-refractivity contribution in [3.63, 3.8) is 0 Å². The molecule has 0 saturated heterocycles. The summed E-state index contributed by atoms with van der Waals surface area (Å²) in [6.07, 6.45) is 0.452. The Balaban J connectivity index is 3.25. The fraction of sp³-hybridized carbons (Fsp3) is 0.643. The molecular formula is C14H24N2O6S3. The summed E-state index contributed by atoms with van der Waals surface area (Å²) < 4.78 is 58.8. The number of ketones is 1. The van der Waals surface area contributed by atoms with Crippen molar-refractivity contribution in [2.24, 2.45) is 0 Å². The minimum atomic E-state index is -4.00. The highest BCUT2D eigenvalue weighted by Crippen LogP contribution is 2.31. The molecular weight excluding hydrogens is 388 g/mol. The minimum Gasteiger partial charge on any atom is -0.385 e. The molecule has 8 nitrogen and oxygen atoms in total. The maximum atomic E-state index is 12.4. The summed E-state index contributed by atoms with van der Waals surface area (Å²) in [5.41, 5.74) is -0.880. The minimum absolute atomic E-state index is 0.119. The molecule has 1 heterocycles. The van der Waals surface area contributed by atoms with Gasteiger partial charge in [-0.2, -0.15) is 0 Å². The van der Waals surface area contributed by atoms with Crippen LogP contribution in [0.2, 0.25) is 0 Å². The van der Waals surface area contributed by atoms with E-state index in [1.165, 1.54) is 14.0 Å². The quantitative estimate of drug-likeness (QED) is 0.467. The van der Waals surface area contributed by atoms with Gasteiger partial charge in [0.1, 0.15) is 8.42 Å². The van der Waals surface area contributed by atoms with Gasteiger partial charge in [0.2, 0.25) is 0 Å². The zero-order chi connectivity index (χ0) is 19.5.